The predicted molar refractivity (Wildman–Crippen MR) is 195 cm³/mol. The van der Waals surface area contributed by atoms with Gasteiger partial charge in [0.05, 0.1) is 5.56 Å². The summed E-state index contributed by atoms with van der Waals surface area (Å²) in [4.78, 5) is 49.8. The van der Waals surface area contributed by atoms with Crippen molar-refractivity contribution in [2.45, 2.75) is 91.1 Å². The number of phenolic OH excluding ortho intramolecular Hbond substituents is 1. The normalized spacial score (nSPS) is 16.8. The number of phenols is 1. The van der Waals surface area contributed by atoms with Crippen molar-refractivity contribution in [1.82, 2.24) is 19.3 Å². The molecule has 0 aliphatic carbocycles. The Hall–Kier alpha value is -5.05. The van der Waals surface area contributed by atoms with Crippen molar-refractivity contribution in [2.75, 3.05) is 19.0 Å². The number of nitrogens with zero attached hydrogens (tertiary/aromatic N) is 5. The van der Waals surface area contributed by atoms with E-state index < -0.39 is 0 Å². The third-order valence-electron chi connectivity index (χ3n) is 10.9. The Bertz CT molecular complexity index is 1990. The van der Waals surface area contributed by atoms with Gasteiger partial charge in [-0.1, -0.05) is 24.3 Å². The summed E-state index contributed by atoms with van der Waals surface area (Å²) in [6, 6.07) is 21.0. The second-order valence-electron chi connectivity index (χ2n) is 15.2. The van der Waals surface area contributed by atoms with Crippen LogP contribution in [0.1, 0.15) is 89.2 Å². The van der Waals surface area contributed by atoms with E-state index in [1.54, 1.807) is 41.1 Å². The molecule has 0 saturated heterocycles. The van der Waals surface area contributed by atoms with E-state index in [0.29, 0.717) is 36.4 Å². The van der Waals surface area contributed by atoms with Gasteiger partial charge >= 0.3 is 6.03 Å². The van der Waals surface area contributed by atoms with Crippen molar-refractivity contribution < 1.29 is 19.5 Å². The summed E-state index contributed by atoms with van der Waals surface area (Å²) in [5.74, 6) is -0.0320. The molecule has 3 aliphatic rings. The molecule has 4 heterocycles. The zero-order chi connectivity index (χ0) is 35.5. The number of carbonyl (C=O) groups is 3. The molecular formula is C41H47N5O4. The molecule has 260 valence electrons. The smallest absolute Gasteiger partial charge is 0.320 e. The molecule has 7 rings (SSSR count). The Morgan fingerprint density at radius 2 is 1.50 bits per heavy atom. The topological polar surface area (TPSA) is 89.3 Å². The zero-order valence-corrected chi connectivity index (χ0v) is 30.0. The average molecular weight is 674 g/mol. The molecule has 1 N–H and O–H groups in total. The minimum absolute atomic E-state index is 0.00865. The summed E-state index contributed by atoms with van der Waals surface area (Å²) >= 11 is 0. The molecular weight excluding hydrogens is 626 g/mol. The van der Waals surface area contributed by atoms with E-state index in [9.17, 15) is 19.5 Å². The summed E-state index contributed by atoms with van der Waals surface area (Å²) < 4.78 is 2.24. The standard InChI is InChI=1S/C41H47N5O4/c1-26-19-27-11-7-8-12-28(27)25-46(26)39(49)34-21-30-24-44(40(50)43(6)41(2,3)4)23-29(30)20-33(34)37-22-35(36-13-9-10-18-45(36)37)38(48)42(5)31-14-16-32(47)17-15-31/h7-8,11-12,14-17,20-22,26,47H,9-10,13,18-19,23-25H2,1-6H3/t26-/m1/s1. The van der Waals surface area contributed by atoms with Gasteiger partial charge in [0.15, 0.2) is 0 Å². The average Bonchev–Trinajstić information content (AvgIpc) is 3.71. The zero-order valence-electron chi connectivity index (χ0n) is 30.0. The number of urea groups is 1. The molecule has 1 atom stereocenters. The van der Waals surface area contributed by atoms with Crippen LogP contribution in [0.15, 0.2) is 66.7 Å². The van der Waals surface area contributed by atoms with Gasteiger partial charge in [0.2, 0.25) is 0 Å². The largest absolute Gasteiger partial charge is 0.508 e. The number of carbonyl (C=O) groups excluding carboxylic acids is 3. The number of aromatic hydroxyl groups is 1. The van der Waals surface area contributed by atoms with Crippen LogP contribution in [-0.2, 0) is 39.0 Å². The highest BCUT2D eigenvalue weighted by Crippen LogP contribution is 2.39. The fraction of sp³-hybridized carbons (Fsp3) is 0.390. The molecule has 1 aromatic heterocycles. The second kappa shape index (κ2) is 12.7. The van der Waals surface area contributed by atoms with Crippen molar-refractivity contribution in [3.63, 3.8) is 0 Å². The van der Waals surface area contributed by atoms with Crippen LogP contribution in [0.2, 0.25) is 0 Å². The highest BCUT2D eigenvalue weighted by molar-refractivity contribution is 6.08. The summed E-state index contributed by atoms with van der Waals surface area (Å²) in [7, 11) is 3.59. The maximum absolute atomic E-state index is 14.8. The molecule has 0 saturated carbocycles. The Labute approximate surface area is 294 Å². The fourth-order valence-corrected chi connectivity index (χ4v) is 7.64. The number of hydrogen-bond acceptors (Lipinski definition) is 4. The molecule has 0 fully saturated rings. The van der Waals surface area contributed by atoms with E-state index in [0.717, 1.165) is 65.9 Å². The fourth-order valence-electron chi connectivity index (χ4n) is 7.64. The monoisotopic (exact) mass is 673 g/mol. The van der Waals surface area contributed by atoms with Gasteiger partial charge in [0, 0.05) is 80.1 Å². The van der Waals surface area contributed by atoms with Gasteiger partial charge in [-0.3, -0.25) is 9.59 Å². The maximum atomic E-state index is 14.8. The van der Waals surface area contributed by atoms with Crippen molar-refractivity contribution in [1.29, 1.82) is 0 Å². The summed E-state index contributed by atoms with van der Waals surface area (Å²) in [6.45, 7) is 10.3. The van der Waals surface area contributed by atoms with E-state index in [4.69, 9.17) is 0 Å². The van der Waals surface area contributed by atoms with Crippen LogP contribution in [0, 0.1) is 0 Å². The molecule has 4 amide bonds. The number of fused-ring (bicyclic) bond motifs is 3. The number of aromatic nitrogens is 1. The van der Waals surface area contributed by atoms with E-state index in [2.05, 4.69) is 35.8 Å². The highest BCUT2D eigenvalue weighted by atomic mass is 16.3. The number of hydrogen-bond donors (Lipinski definition) is 1. The predicted octanol–water partition coefficient (Wildman–Crippen LogP) is 7.23. The van der Waals surface area contributed by atoms with Gasteiger partial charge in [-0.15, -0.1) is 0 Å². The van der Waals surface area contributed by atoms with Gasteiger partial charge < -0.3 is 29.3 Å². The minimum atomic E-state index is -0.333. The van der Waals surface area contributed by atoms with Crippen LogP contribution in [0.3, 0.4) is 0 Å². The molecule has 4 aromatic rings. The Morgan fingerprint density at radius 3 is 2.20 bits per heavy atom. The van der Waals surface area contributed by atoms with E-state index in [1.807, 2.05) is 55.8 Å². The second-order valence-corrected chi connectivity index (χ2v) is 15.2. The Balaban J connectivity index is 1.33. The molecule has 0 unspecified atom stereocenters. The highest BCUT2D eigenvalue weighted by Gasteiger charge is 2.35. The number of amides is 4. The lowest BCUT2D eigenvalue weighted by atomic mass is 9.92. The summed E-state index contributed by atoms with van der Waals surface area (Å²) in [5.41, 5.74) is 8.64. The third kappa shape index (κ3) is 5.92. The molecule has 50 heavy (non-hydrogen) atoms. The van der Waals surface area contributed by atoms with Gasteiger partial charge in [-0.05, 0) is 118 Å². The van der Waals surface area contributed by atoms with Crippen LogP contribution in [0.25, 0.3) is 11.3 Å². The van der Waals surface area contributed by atoms with E-state index in [1.165, 1.54) is 5.56 Å². The molecule has 9 heteroatoms. The number of benzene rings is 3. The lowest BCUT2D eigenvalue weighted by molar-refractivity contribution is 0.0658. The number of rotatable bonds is 4. The van der Waals surface area contributed by atoms with Crippen molar-refractivity contribution in [3.05, 3.63) is 106 Å². The Kier molecular flexibility index (Phi) is 8.48. The summed E-state index contributed by atoms with van der Waals surface area (Å²) in [6.07, 6.45) is 3.50. The van der Waals surface area contributed by atoms with Crippen molar-refractivity contribution in [3.8, 4) is 17.0 Å². The molecule has 0 bridgehead atoms. The van der Waals surface area contributed by atoms with Gasteiger partial charge in [0.25, 0.3) is 11.8 Å². The minimum Gasteiger partial charge on any atom is -0.508 e. The van der Waals surface area contributed by atoms with Crippen molar-refractivity contribution in [2.24, 2.45) is 0 Å². The molecule has 3 aliphatic heterocycles. The first kappa shape index (κ1) is 33.4. The quantitative estimate of drug-likeness (QED) is 0.248. The van der Waals surface area contributed by atoms with Gasteiger partial charge in [-0.25, -0.2) is 4.79 Å². The van der Waals surface area contributed by atoms with Crippen molar-refractivity contribution >= 4 is 23.5 Å². The SMILES string of the molecule is C[C@@H]1Cc2ccccc2CN1C(=O)c1cc2c(cc1-c1cc(C(=O)N(C)c3ccc(O)cc3)c3n1CCCC3)CN(C(=O)N(C)C(C)(C)C)C2. The van der Waals surface area contributed by atoms with E-state index in [-0.39, 0.29) is 35.2 Å². The first-order chi connectivity index (χ1) is 23.8. The van der Waals surface area contributed by atoms with Gasteiger partial charge in [-0.2, -0.15) is 0 Å². The summed E-state index contributed by atoms with van der Waals surface area (Å²) in [5, 5.41) is 9.83. The number of anilines is 1. The molecule has 3 aromatic carbocycles. The van der Waals surface area contributed by atoms with Crippen LogP contribution in [-0.4, -0.2) is 67.9 Å². The van der Waals surface area contributed by atoms with Crippen LogP contribution in [0.4, 0.5) is 10.5 Å². The lowest BCUT2D eigenvalue weighted by Gasteiger charge is -2.35. The first-order valence-corrected chi connectivity index (χ1v) is 17.7. The van der Waals surface area contributed by atoms with Crippen LogP contribution in [0.5, 0.6) is 5.75 Å². The first-order valence-electron chi connectivity index (χ1n) is 17.7. The van der Waals surface area contributed by atoms with Crippen LogP contribution >= 0.6 is 0 Å². The Morgan fingerprint density at radius 1 is 0.820 bits per heavy atom. The molecule has 0 spiro atoms. The van der Waals surface area contributed by atoms with Crippen LogP contribution < -0.4 is 4.90 Å². The third-order valence-corrected chi connectivity index (χ3v) is 10.9. The molecule has 9 nitrogen and oxygen atoms in total. The lowest BCUT2D eigenvalue weighted by Crippen LogP contribution is -2.48. The van der Waals surface area contributed by atoms with E-state index >= 15 is 0 Å². The maximum Gasteiger partial charge on any atom is 0.320 e. The molecule has 0 radical (unpaired) electrons. The van der Waals surface area contributed by atoms with Gasteiger partial charge in [0.1, 0.15) is 5.75 Å².